The van der Waals surface area contributed by atoms with Crippen molar-refractivity contribution in [3.8, 4) is 0 Å². The molecule has 0 radical (unpaired) electrons. The molecule has 1 saturated heterocycles. The summed E-state index contributed by atoms with van der Waals surface area (Å²) in [5.41, 5.74) is 3.07. The number of piperidine rings is 1. The smallest absolute Gasteiger partial charge is 0.198 e. The first-order chi connectivity index (χ1) is 8.65. The number of benzene rings is 1. The number of halogens is 1. The molecule has 0 saturated carbocycles. The van der Waals surface area contributed by atoms with Crippen molar-refractivity contribution in [2.45, 2.75) is 25.7 Å². The number of hydrogen-bond acceptors (Lipinski definition) is 3. The Hall–Kier alpha value is -0.870. The van der Waals surface area contributed by atoms with Gasteiger partial charge in [0, 0.05) is 10.4 Å². The van der Waals surface area contributed by atoms with Gasteiger partial charge in [0.05, 0.1) is 0 Å². The highest BCUT2D eigenvalue weighted by molar-refractivity contribution is 9.10. The molecular formula is C14H17BrN2O. The Kier molecular flexibility index (Phi) is 3.16. The number of fused-ring (bicyclic) bond motifs is 1. The molecule has 0 atom stereocenters. The van der Waals surface area contributed by atoms with E-state index in [1.807, 2.05) is 12.1 Å². The zero-order valence-electron chi connectivity index (χ0n) is 10.7. The molecule has 1 aliphatic heterocycles. The summed E-state index contributed by atoms with van der Waals surface area (Å²) in [6, 6.07) is 4.03. The maximum atomic E-state index is 5.93. The minimum atomic E-state index is 0.478. The largest absolute Gasteiger partial charge is 0.440 e. The van der Waals surface area contributed by atoms with Crippen LogP contribution in [0.5, 0.6) is 0 Å². The van der Waals surface area contributed by atoms with Crippen LogP contribution < -0.4 is 0 Å². The number of oxazole rings is 1. The van der Waals surface area contributed by atoms with Crippen LogP contribution in [0.3, 0.4) is 0 Å². The highest BCUT2D eigenvalue weighted by Crippen LogP contribution is 2.32. The van der Waals surface area contributed by atoms with E-state index in [9.17, 15) is 0 Å². The summed E-state index contributed by atoms with van der Waals surface area (Å²) in [5.74, 6) is 1.39. The standard InChI is InChI=1S/C14H17BrN2O/c1-9-11(15)3-4-12-13(9)16-14(18-12)10-5-7-17(2)8-6-10/h3-4,10H,5-8H2,1-2H3. The van der Waals surface area contributed by atoms with E-state index in [4.69, 9.17) is 9.40 Å². The molecule has 0 aliphatic carbocycles. The van der Waals surface area contributed by atoms with Crippen LogP contribution in [0, 0.1) is 6.92 Å². The van der Waals surface area contributed by atoms with Gasteiger partial charge in [-0.25, -0.2) is 4.98 Å². The average molecular weight is 309 g/mol. The second kappa shape index (κ2) is 4.67. The summed E-state index contributed by atoms with van der Waals surface area (Å²) in [5, 5.41) is 0. The van der Waals surface area contributed by atoms with Crippen molar-refractivity contribution >= 4 is 27.0 Å². The molecule has 1 aliphatic rings. The molecule has 2 heterocycles. The van der Waals surface area contributed by atoms with Crippen molar-refractivity contribution in [2.24, 2.45) is 0 Å². The fourth-order valence-electron chi connectivity index (χ4n) is 2.55. The van der Waals surface area contributed by atoms with Crippen LogP contribution in [0.15, 0.2) is 21.0 Å². The second-order valence-corrected chi connectivity index (χ2v) is 6.00. The van der Waals surface area contributed by atoms with Gasteiger partial charge in [0.1, 0.15) is 5.52 Å². The lowest BCUT2D eigenvalue weighted by molar-refractivity contribution is 0.239. The van der Waals surface area contributed by atoms with Crippen molar-refractivity contribution < 1.29 is 4.42 Å². The summed E-state index contributed by atoms with van der Waals surface area (Å²) in [4.78, 5) is 7.07. The van der Waals surface area contributed by atoms with E-state index in [0.29, 0.717) is 5.92 Å². The van der Waals surface area contributed by atoms with Crippen molar-refractivity contribution in [1.82, 2.24) is 9.88 Å². The van der Waals surface area contributed by atoms with E-state index in [-0.39, 0.29) is 0 Å². The Morgan fingerprint density at radius 1 is 1.33 bits per heavy atom. The first kappa shape index (κ1) is 12.2. The Balaban J connectivity index is 1.96. The number of rotatable bonds is 1. The summed E-state index contributed by atoms with van der Waals surface area (Å²) < 4.78 is 7.02. The van der Waals surface area contributed by atoms with E-state index < -0.39 is 0 Å². The minimum Gasteiger partial charge on any atom is -0.440 e. The van der Waals surface area contributed by atoms with Gasteiger partial charge in [0.2, 0.25) is 0 Å². The SMILES string of the molecule is Cc1c(Br)ccc2oc(C3CCN(C)CC3)nc12. The molecule has 3 rings (SSSR count). The van der Waals surface area contributed by atoms with Crippen LogP contribution in [0.4, 0.5) is 0 Å². The summed E-state index contributed by atoms with van der Waals surface area (Å²) >= 11 is 3.54. The van der Waals surface area contributed by atoms with Gasteiger partial charge >= 0.3 is 0 Å². The van der Waals surface area contributed by atoms with Crippen LogP contribution in [0.2, 0.25) is 0 Å². The molecule has 1 fully saturated rings. The third-order valence-corrected chi connectivity index (χ3v) is 4.69. The second-order valence-electron chi connectivity index (χ2n) is 5.15. The Bertz CT molecular complexity index is 570. The third kappa shape index (κ3) is 2.08. The van der Waals surface area contributed by atoms with Crippen molar-refractivity contribution in [3.63, 3.8) is 0 Å². The van der Waals surface area contributed by atoms with Gasteiger partial charge in [-0.1, -0.05) is 15.9 Å². The quantitative estimate of drug-likeness (QED) is 0.804. The van der Waals surface area contributed by atoms with E-state index in [1.165, 1.54) is 0 Å². The van der Waals surface area contributed by atoms with Gasteiger partial charge in [0.25, 0.3) is 0 Å². The lowest BCUT2D eigenvalue weighted by atomic mass is 9.97. The average Bonchev–Trinajstić information content (AvgIpc) is 2.80. The van der Waals surface area contributed by atoms with Gasteiger partial charge in [-0.2, -0.15) is 0 Å². The Morgan fingerprint density at radius 3 is 2.78 bits per heavy atom. The van der Waals surface area contributed by atoms with Gasteiger partial charge in [-0.15, -0.1) is 0 Å². The monoisotopic (exact) mass is 308 g/mol. The molecule has 18 heavy (non-hydrogen) atoms. The molecule has 0 spiro atoms. The van der Waals surface area contributed by atoms with Gasteiger partial charge in [-0.3, -0.25) is 0 Å². The molecule has 1 aromatic heterocycles. The van der Waals surface area contributed by atoms with E-state index in [1.54, 1.807) is 0 Å². The number of aryl methyl sites for hydroxylation is 1. The topological polar surface area (TPSA) is 29.3 Å². The third-order valence-electron chi connectivity index (χ3n) is 3.83. The van der Waals surface area contributed by atoms with E-state index in [2.05, 4.69) is 34.8 Å². The molecule has 4 heteroatoms. The van der Waals surface area contributed by atoms with Crippen LogP contribution >= 0.6 is 15.9 Å². The number of hydrogen-bond donors (Lipinski definition) is 0. The molecular weight excluding hydrogens is 292 g/mol. The fourth-order valence-corrected chi connectivity index (χ4v) is 2.87. The molecule has 0 amide bonds. The molecule has 0 N–H and O–H groups in total. The molecule has 0 bridgehead atoms. The number of nitrogens with zero attached hydrogens (tertiary/aromatic N) is 2. The van der Waals surface area contributed by atoms with Gasteiger partial charge in [-0.05, 0) is 57.6 Å². The van der Waals surface area contributed by atoms with E-state index >= 15 is 0 Å². The fraction of sp³-hybridized carbons (Fsp3) is 0.500. The Morgan fingerprint density at radius 2 is 2.06 bits per heavy atom. The minimum absolute atomic E-state index is 0.478. The predicted molar refractivity (Wildman–Crippen MR) is 75.9 cm³/mol. The number of aromatic nitrogens is 1. The zero-order valence-corrected chi connectivity index (χ0v) is 12.3. The van der Waals surface area contributed by atoms with Crippen LogP contribution in [0.25, 0.3) is 11.1 Å². The first-order valence-electron chi connectivity index (χ1n) is 6.39. The molecule has 3 nitrogen and oxygen atoms in total. The molecule has 96 valence electrons. The van der Waals surface area contributed by atoms with Crippen molar-refractivity contribution in [1.29, 1.82) is 0 Å². The summed E-state index contributed by atoms with van der Waals surface area (Å²) in [7, 11) is 2.17. The highest BCUT2D eigenvalue weighted by atomic mass is 79.9. The van der Waals surface area contributed by atoms with Gasteiger partial charge < -0.3 is 9.32 Å². The Labute approximate surface area is 115 Å². The van der Waals surface area contributed by atoms with Crippen molar-refractivity contribution in [3.05, 3.63) is 28.1 Å². The zero-order chi connectivity index (χ0) is 12.7. The lowest BCUT2D eigenvalue weighted by Crippen LogP contribution is -2.29. The maximum absolute atomic E-state index is 5.93. The molecule has 0 unspecified atom stereocenters. The number of likely N-dealkylation sites (tertiary alicyclic amines) is 1. The van der Waals surface area contributed by atoms with Gasteiger partial charge in [0.15, 0.2) is 11.5 Å². The molecule has 2 aromatic rings. The summed E-state index contributed by atoms with van der Waals surface area (Å²) in [6.07, 6.45) is 2.28. The summed E-state index contributed by atoms with van der Waals surface area (Å²) in [6.45, 7) is 4.34. The van der Waals surface area contributed by atoms with Crippen LogP contribution in [-0.4, -0.2) is 30.0 Å². The highest BCUT2D eigenvalue weighted by Gasteiger charge is 2.23. The van der Waals surface area contributed by atoms with Crippen molar-refractivity contribution in [2.75, 3.05) is 20.1 Å². The first-order valence-corrected chi connectivity index (χ1v) is 7.18. The lowest BCUT2D eigenvalue weighted by Gasteiger charge is -2.26. The van der Waals surface area contributed by atoms with Crippen LogP contribution in [0.1, 0.15) is 30.2 Å². The molecule has 1 aromatic carbocycles. The predicted octanol–water partition coefficient (Wildman–Crippen LogP) is 3.71. The van der Waals surface area contributed by atoms with E-state index in [0.717, 1.165) is 53.0 Å². The van der Waals surface area contributed by atoms with Crippen LogP contribution in [-0.2, 0) is 0 Å². The normalized spacial score (nSPS) is 18.6. The maximum Gasteiger partial charge on any atom is 0.198 e.